The minimum atomic E-state index is -0.152. The fourth-order valence-corrected chi connectivity index (χ4v) is 4.61. The lowest BCUT2D eigenvalue weighted by Crippen LogP contribution is -2.27. The minimum absolute atomic E-state index is 0.152. The summed E-state index contributed by atoms with van der Waals surface area (Å²) in [5.41, 5.74) is 5.14. The van der Waals surface area contributed by atoms with Crippen molar-refractivity contribution in [3.05, 3.63) is 101 Å². The molecule has 0 spiro atoms. The Morgan fingerprint density at radius 1 is 0.972 bits per heavy atom. The Morgan fingerprint density at radius 3 is 2.47 bits per heavy atom. The molecule has 1 aliphatic rings. The predicted molar refractivity (Wildman–Crippen MR) is 144 cm³/mol. The maximum Gasteiger partial charge on any atom is 0.283 e. The summed E-state index contributed by atoms with van der Waals surface area (Å²) in [4.78, 5) is 22.5. The zero-order chi connectivity index (χ0) is 25.1. The Morgan fingerprint density at radius 2 is 1.72 bits per heavy atom. The third-order valence-corrected chi connectivity index (χ3v) is 6.52. The van der Waals surface area contributed by atoms with Gasteiger partial charge in [0.1, 0.15) is 0 Å². The molecule has 5 rings (SSSR count). The van der Waals surface area contributed by atoms with Crippen LogP contribution < -0.4 is 15.1 Å². The van der Waals surface area contributed by atoms with E-state index in [1.165, 1.54) is 5.56 Å². The fraction of sp³-hybridized carbons (Fsp3) is 0.214. The number of rotatable bonds is 8. The Bertz CT molecular complexity index is 1350. The lowest BCUT2D eigenvalue weighted by atomic mass is 10.1. The molecule has 7 nitrogen and oxygen atoms in total. The summed E-state index contributed by atoms with van der Waals surface area (Å²) in [7, 11) is 3.62. The summed E-state index contributed by atoms with van der Waals surface area (Å²) >= 11 is 6.37. The molecule has 184 valence electrons. The summed E-state index contributed by atoms with van der Waals surface area (Å²) in [5, 5.41) is 3.92. The molecule has 4 aromatic rings. The summed E-state index contributed by atoms with van der Waals surface area (Å²) in [6.07, 6.45) is 1.74. The van der Waals surface area contributed by atoms with E-state index in [9.17, 15) is 4.79 Å². The second-order valence-corrected chi connectivity index (χ2v) is 9.14. The minimum Gasteiger partial charge on any atom is -0.383 e. The SMILES string of the molecule is COCCNCc1ccc(Cn2cnc3c2C(=O)N(c2ccccc2)c2cc(Cl)ccc2N3C)cc1. The van der Waals surface area contributed by atoms with Crippen LogP contribution in [-0.4, -0.2) is 42.8 Å². The molecule has 1 N–H and O–H groups in total. The quantitative estimate of drug-likeness (QED) is 0.328. The number of benzene rings is 3. The molecule has 0 atom stereocenters. The van der Waals surface area contributed by atoms with Gasteiger partial charge in [0.25, 0.3) is 5.91 Å². The number of nitrogens with zero attached hydrogens (tertiary/aromatic N) is 4. The number of ether oxygens (including phenoxy) is 1. The number of hydrogen-bond donors (Lipinski definition) is 1. The fourth-order valence-electron chi connectivity index (χ4n) is 4.44. The van der Waals surface area contributed by atoms with Crippen LogP contribution in [0.5, 0.6) is 0 Å². The molecule has 3 aromatic carbocycles. The van der Waals surface area contributed by atoms with E-state index in [1.807, 2.05) is 65.0 Å². The number of amides is 1. The van der Waals surface area contributed by atoms with Gasteiger partial charge in [-0.1, -0.05) is 54.1 Å². The highest BCUT2D eigenvalue weighted by atomic mass is 35.5. The van der Waals surface area contributed by atoms with Gasteiger partial charge < -0.3 is 19.5 Å². The van der Waals surface area contributed by atoms with Crippen molar-refractivity contribution < 1.29 is 9.53 Å². The van der Waals surface area contributed by atoms with Crippen molar-refractivity contribution >= 4 is 40.4 Å². The molecule has 1 aromatic heterocycles. The number of nitrogens with one attached hydrogen (secondary N) is 1. The van der Waals surface area contributed by atoms with Gasteiger partial charge in [-0.2, -0.15) is 0 Å². The maximum atomic E-state index is 14.1. The zero-order valence-corrected chi connectivity index (χ0v) is 21.1. The third kappa shape index (κ3) is 4.73. The predicted octanol–water partition coefficient (Wildman–Crippen LogP) is 5.38. The number of aromatic nitrogens is 2. The Kier molecular flexibility index (Phi) is 7.04. The third-order valence-electron chi connectivity index (χ3n) is 6.28. The van der Waals surface area contributed by atoms with Gasteiger partial charge in [-0.05, 0) is 41.5 Å². The highest BCUT2D eigenvalue weighted by molar-refractivity contribution is 6.31. The van der Waals surface area contributed by atoms with Crippen LogP contribution in [-0.2, 0) is 17.8 Å². The number of fused-ring (bicyclic) bond motifs is 2. The number of anilines is 4. The van der Waals surface area contributed by atoms with Crippen molar-refractivity contribution in [1.82, 2.24) is 14.9 Å². The van der Waals surface area contributed by atoms with E-state index in [0.717, 1.165) is 35.7 Å². The highest BCUT2D eigenvalue weighted by Crippen LogP contribution is 2.43. The normalized spacial score (nSPS) is 12.9. The van der Waals surface area contributed by atoms with Crippen LogP contribution >= 0.6 is 11.6 Å². The van der Waals surface area contributed by atoms with E-state index >= 15 is 0 Å². The summed E-state index contributed by atoms with van der Waals surface area (Å²) in [6, 6.07) is 23.6. The topological polar surface area (TPSA) is 62.6 Å². The average molecular weight is 502 g/mol. The van der Waals surface area contributed by atoms with Gasteiger partial charge in [-0.25, -0.2) is 4.98 Å². The maximum absolute atomic E-state index is 14.1. The molecule has 0 bridgehead atoms. The molecule has 0 fully saturated rings. The van der Waals surface area contributed by atoms with E-state index in [-0.39, 0.29) is 5.91 Å². The van der Waals surface area contributed by atoms with Crippen LogP contribution in [0.2, 0.25) is 5.02 Å². The van der Waals surface area contributed by atoms with Crippen LogP contribution in [0.15, 0.2) is 79.1 Å². The number of carbonyl (C=O) groups excluding carboxylic acids is 1. The largest absolute Gasteiger partial charge is 0.383 e. The van der Waals surface area contributed by atoms with Gasteiger partial charge in [0.05, 0.1) is 24.3 Å². The van der Waals surface area contributed by atoms with Crippen LogP contribution in [0.3, 0.4) is 0 Å². The van der Waals surface area contributed by atoms with E-state index in [4.69, 9.17) is 16.3 Å². The first-order chi connectivity index (χ1) is 17.6. The lowest BCUT2D eigenvalue weighted by molar-refractivity contribution is 0.0992. The van der Waals surface area contributed by atoms with Gasteiger partial charge in [-0.15, -0.1) is 0 Å². The standard InChI is InChI=1S/C28H28ClN5O2/c1-32-24-13-12-22(29)16-25(24)34(23-6-4-3-5-7-23)28(35)26-27(32)31-19-33(26)18-21-10-8-20(9-11-21)17-30-14-15-36-2/h3-13,16,19,30H,14-15,17-18H2,1-2H3. The molecule has 2 heterocycles. The Hall–Kier alpha value is -3.65. The number of methoxy groups -OCH3 is 1. The van der Waals surface area contributed by atoms with Gasteiger partial charge >= 0.3 is 0 Å². The first kappa shape index (κ1) is 24.1. The monoisotopic (exact) mass is 501 g/mol. The van der Waals surface area contributed by atoms with Gasteiger partial charge in [0.2, 0.25) is 0 Å². The second-order valence-electron chi connectivity index (χ2n) is 8.70. The van der Waals surface area contributed by atoms with Crippen LogP contribution in [0.4, 0.5) is 22.9 Å². The molecular weight excluding hydrogens is 474 g/mol. The molecule has 36 heavy (non-hydrogen) atoms. The van der Waals surface area contributed by atoms with E-state index < -0.39 is 0 Å². The van der Waals surface area contributed by atoms with Crippen LogP contribution in [0.25, 0.3) is 0 Å². The second kappa shape index (κ2) is 10.5. The first-order valence-corrected chi connectivity index (χ1v) is 12.2. The number of hydrogen-bond acceptors (Lipinski definition) is 5. The summed E-state index contributed by atoms with van der Waals surface area (Å²) < 4.78 is 7.00. The van der Waals surface area contributed by atoms with Gasteiger partial charge in [0, 0.05) is 44.5 Å². The Labute approximate surface area is 215 Å². The number of imidazole rings is 1. The first-order valence-electron chi connectivity index (χ1n) is 11.8. The van der Waals surface area contributed by atoms with E-state index in [2.05, 4.69) is 34.6 Å². The Balaban J connectivity index is 1.49. The van der Waals surface area contributed by atoms with Crippen molar-refractivity contribution in [3.8, 4) is 0 Å². The zero-order valence-electron chi connectivity index (χ0n) is 20.3. The van der Waals surface area contributed by atoms with Crippen molar-refractivity contribution in [1.29, 1.82) is 0 Å². The van der Waals surface area contributed by atoms with Crippen molar-refractivity contribution in [2.45, 2.75) is 13.1 Å². The number of carbonyl (C=O) groups is 1. The number of para-hydroxylation sites is 1. The summed E-state index contributed by atoms with van der Waals surface area (Å²) in [5.74, 6) is 0.460. The van der Waals surface area contributed by atoms with Gasteiger partial charge in [0.15, 0.2) is 11.5 Å². The lowest BCUT2D eigenvalue weighted by Gasteiger charge is -2.25. The van der Waals surface area contributed by atoms with Crippen LogP contribution in [0, 0.1) is 0 Å². The summed E-state index contributed by atoms with van der Waals surface area (Å²) in [6.45, 7) is 2.79. The molecule has 0 saturated heterocycles. The molecule has 0 aliphatic carbocycles. The molecule has 0 unspecified atom stereocenters. The average Bonchev–Trinajstić information content (AvgIpc) is 3.28. The molecule has 8 heteroatoms. The van der Waals surface area contributed by atoms with Crippen molar-refractivity contribution in [2.75, 3.05) is 37.1 Å². The van der Waals surface area contributed by atoms with Gasteiger partial charge in [-0.3, -0.25) is 9.69 Å². The van der Waals surface area contributed by atoms with Crippen LogP contribution in [0.1, 0.15) is 21.6 Å². The van der Waals surface area contributed by atoms with E-state index in [1.54, 1.807) is 18.3 Å². The van der Waals surface area contributed by atoms with Crippen molar-refractivity contribution in [2.24, 2.45) is 0 Å². The smallest absolute Gasteiger partial charge is 0.283 e. The molecule has 0 saturated carbocycles. The molecular formula is C28H28ClN5O2. The molecule has 1 amide bonds. The van der Waals surface area contributed by atoms with Crippen molar-refractivity contribution in [3.63, 3.8) is 0 Å². The molecule has 1 aliphatic heterocycles. The molecule has 0 radical (unpaired) electrons. The number of halogens is 1. The highest BCUT2D eigenvalue weighted by Gasteiger charge is 2.34. The van der Waals surface area contributed by atoms with E-state index in [0.29, 0.717) is 29.7 Å².